The molecule has 1 aromatic rings. The summed E-state index contributed by atoms with van der Waals surface area (Å²) in [5.74, 6) is -0.0382. The van der Waals surface area contributed by atoms with E-state index in [4.69, 9.17) is 4.74 Å². The molecular weight excluding hydrogens is 178 g/mol. The van der Waals surface area contributed by atoms with Crippen LogP contribution in [0, 0.1) is 0 Å². The van der Waals surface area contributed by atoms with E-state index >= 15 is 0 Å². The monoisotopic (exact) mass is 189 g/mol. The van der Waals surface area contributed by atoms with Crippen molar-refractivity contribution in [3.8, 4) is 0 Å². The van der Waals surface area contributed by atoms with Crippen molar-refractivity contribution in [2.24, 2.45) is 0 Å². The molecule has 1 unspecified atom stereocenters. The maximum Gasteiger partial charge on any atom is 0.264 e. The molecule has 1 amide bonds. The van der Waals surface area contributed by atoms with Gasteiger partial charge in [-0.25, -0.2) is 0 Å². The summed E-state index contributed by atoms with van der Waals surface area (Å²) in [6.45, 7) is 3.88. The van der Waals surface area contributed by atoms with Gasteiger partial charge in [-0.15, -0.1) is 0 Å². The molecule has 1 aromatic carbocycles. The minimum atomic E-state index is -0.719. The molecule has 1 saturated heterocycles. The van der Waals surface area contributed by atoms with Crippen LogP contribution in [0.4, 0.5) is 5.69 Å². The maximum atomic E-state index is 11.8. The second-order valence-electron chi connectivity index (χ2n) is 4.29. The van der Waals surface area contributed by atoms with Crippen molar-refractivity contribution in [2.75, 3.05) is 5.32 Å². The van der Waals surface area contributed by atoms with Crippen molar-refractivity contribution in [1.29, 1.82) is 0 Å². The van der Waals surface area contributed by atoms with Gasteiger partial charge < -0.3 is 10.1 Å². The van der Waals surface area contributed by atoms with Crippen molar-refractivity contribution in [2.45, 2.75) is 25.0 Å². The molecule has 72 valence electrons. The summed E-state index contributed by atoms with van der Waals surface area (Å²) in [6.07, 6.45) is 0. The summed E-state index contributed by atoms with van der Waals surface area (Å²) >= 11 is 0. The zero-order valence-corrected chi connectivity index (χ0v) is 8.13. The first-order valence-electron chi connectivity index (χ1n) is 4.69. The summed E-state index contributed by atoms with van der Waals surface area (Å²) in [7, 11) is 0. The Morgan fingerprint density at radius 2 is 1.93 bits per heavy atom. The first kappa shape index (κ1) is 8.00. The molecule has 1 fully saturated rings. The second-order valence-corrected chi connectivity index (χ2v) is 4.29. The van der Waals surface area contributed by atoms with Crippen LogP contribution in [-0.2, 0) is 15.1 Å². The first-order chi connectivity index (χ1) is 6.58. The summed E-state index contributed by atoms with van der Waals surface area (Å²) < 4.78 is 5.58. The van der Waals surface area contributed by atoms with Gasteiger partial charge in [0.25, 0.3) is 5.91 Å². The lowest BCUT2D eigenvalue weighted by molar-refractivity contribution is -0.120. The number of fused-ring (bicyclic) bond motifs is 2. The van der Waals surface area contributed by atoms with Gasteiger partial charge in [0.1, 0.15) is 5.60 Å². The van der Waals surface area contributed by atoms with E-state index in [1.165, 1.54) is 0 Å². The highest BCUT2D eigenvalue weighted by molar-refractivity contribution is 6.08. The molecule has 2 heterocycles. The van der Waals surface area contributed by atoms with Gasteiger partial charge in [-0.05, 0) is 19.9 Å². The third-order valence-electron chi connectivity index (χ3n) is 3.09. The van der Waals surface area contributed by atoms with Gasteiger partial charge in [-0.2, -0.15) is 0 Å². The predicted molar refractivity (Wildman–Crippen MR) is 51.9 cm³/mol. The van der Waals surface area contributed by atoms with Gasteiger partial charge in [0.15, 0.2) is 0 Å². The molecule has 14 heavy (non-hydrogen) atoms. The summed E-state index contributed by atoms with van der Waals surface area (Å²) in [6, 6.07) is 7.69. The molecule has 0 bridgehead atoms. The Hall–Kier alpha value is -1.35. The number of nitrogens with one attached hydrogen (secondary N) is 1. The highest BCUT2D eigenvalue weighted by Gasteiger charge is 2.73. The third-order valence-corrected chi connectivity index (χ3v) is 3.09. The molecule has 1 N–H and O–H groups in total. The third kappa shape index (κ3) is 0.664. The van der Waals surface area contributed by atoms with Crippen LogP contribution in [-0.4, -0.2) is 11.5 Å². The Bertz CT molecular complexity index is 439. The maximum absolute atomic E-state index is 11.8. The zero-order chi connectivity index (χ0) is 9.97. The molecule has 0 aliphatic carbocycles. The minimum absolute atomic E-state index is 0.0382. The smallest absolute Gasteiger partial charge is 0.264 e. The number of carbonyl (C=O) groups excluding carboxylic acids is 1. The van der Waals surface area contributed by atoms with Crippen LogP contribution in [0.1, 0.15) is 19.4 Å². The van der Waals surface area contributed by atoms with E-state index in [2.05, 4.69) is 5.32 Å². The molecule has 3 rings (SSSR count). The highest BCUT2D eigenvalue weighted by atomic mass is 16.6. The van der Waals surface area contributed by atoms with Gasteiger partial charge >= 0.3 is 0 Å². The van der Waals surface area contributed by atoms with Crippen LogP contribution >= 0.6 is 0 Å². The quantitative estimate of drug-likeness (QED) is 0.630. The van der Waals surface area contributed by atoms with Crippen molar-refractivity contribution in [3.05, 3.63) is 29.8 Å². The first-order valence-corrected chi connectivity index (χ1v) is 4.69. The molecule has 2 aliphatic rings. The number of benzene rings is 1. The van der Waals surface area contributed by atoms with E-state index in [1.807, 2.05) is 38.1 Å². The summed E-state index contributed by atoms with van der Waals surface area (Å²) in [5.41, 5.74) is 0.755. The van der Waals surface area contributed by atoms with Crippen molar-refractivity contribution in [1.82, 2.24) is 0 Å². The normalized spacial score (nSPS) is 31.4. The average Bonchev–Trinajstić information content (AvgIpc) is 2.59. The Labute approximate surface area is 82.1 Å². The van der Waals surface area contributed by atoms with E-state index < -0.39 is 5.60 Å². The Balaban J connectivity index is 2.23. The molecule has 1 spiro atoms. The number of hydrogen-bond donors (Lipinski definition) is 1. The number of amides is 1. The van der Waals surface area contributed by atoms with Gasteiger partial charge in [-0.3, -0.25) is 4.79 Å². The Morgan fingerprint density at radius 3 is 2.57 bits per heavy atom. The number of anilines is 1. The molecule has 0 aromatic heterocycles. The fourth-order valence-electron chi connectivity index (χ4n) is 2.29. The SMILES string of the molecule is CC1(C)OC12C(=O)Nc1ccccc12. The van der Waals surface area contributed by atoms with Crippen molar-refractivity contribution >= 4 is 11.6 Å². The number of hydrogen-bond acceptors (Lipinski definition) is 2. The molecule has 0 radical (unpaired) electrons. The highest BCUT2D eigenvalue weighted by Crippen LogP contribution is 2.60. The van der Waals surface area contributed by atoms with Gasteiger partial charge in [0.2, 0.25) is 5.60 Å². The van der Waals surface area contributed by atoms with Crippen LogP contribution in [0.15, 0.2) is 24.3 Å². The van der Waals surface area contributed by atoms with Gasteiger partial charge in [0, 0.05) is 11.3 Å². The lowest BCUT2D eigenvalue weighted by Crippen LogP contribution is -2.27. The van der Waals surface area contributed by atoms with Crippen molar-refractivity contribution < 1.29 is 9.53 Å². The molecule has 3 heteroatoms. The topological polar surface area (TPSA) is 41.6 Å². The predicted octanol–water partition coefficient (Wildman–Crippen LogP) is 1.64. The number of carbonyl (C=O) groups is 1. The minimum Gasteiger partial charge on any atom is -0.347 e. The van der Waals surface area contributed by atoms with Gasteiger partial charge in [-0.1, -0.05) is 18.2 Å². The zero-order valence-electron chi connectivity index (χ0n) is 8.13. The Morgan fingerprint density at radius 1 is 1.29 bits per heavy atom. The number of rotatable bonds is 0. The van der Waals surface area contributed by atoms with E-state index in [-0.39, 0.29) is 11.5 Å². The van der Waals surface area contributed by atoms with Crippen molar-refractivity contribution in [3.63, 3.8) is 0 Å². The summed E-state index contributed by atoms with van der Waals surface area (Å²) in [5, 5.41) is 2.84. The largest absolute Gasteiger partial charge is 0.347 e. The second kappa shape index (κ2) is 2.01. The molecule has 0 saturated carbocycles. The summed E-state index contributed by atoms with van der Waals surface area (Å²) in [4.78, 5) is 11.8. The fourth-order valence-corrected chi connectivity index (χ4v) is 2.29. The van der Waals surface area contributed by atoms with Crippen LogP contribution in [0.3, 0.4) is 0 Å². The average molecular weight is 189 g/mol. The molecular formula is C11H11NO2. The fraction of sp³-hybridized carbons (Fsp3) is 0.364. The van der Waals surface area contributed by atoms with Crippen LogP contribution < -0.4 is 5.32 Å². The van der Waals surface area contributed by atoms with Crippen LogP contribution in [0.25, 0.3) is 0 Å². The number of epoxide rings is 1. The standard InChI is InChI=1S/C11H11NO2/c1-10(2)11(14-10)7-5-3-4-6-8(7)12-9(11)13/h3-6H,1-2H3,(H,12,13). The van der Waals surface area contributed by atoms with Gasteiger partial charge in [0.05, 0.1) is 0 Å². The molecule has 2 aliphatic heterocycles. The van der Waals surface area contributed by atoms with Crippen LogP contribution in [0.5, 0.6) is 0 Å². The lowest BCUT2D eigenvalue weighted by atomic mass is 9.90. The Kier molecular flexibility index (Phi) is 1.15. The molecule has 1 atom stereocenters. The number of ether oxygens (including phenoxy) is 1. The molecule has 3 nitrogen and oxygen atoms in total. The lowest BCUT2D eigenvalue weighted by Gasteiger charge is -2.04. The van der Waals surface area contributed by atoms with E-state index in [1.54, 1.807) is 0 Å². The number of para-hydroxylation sites is 1. The van der Waals surface area contributed by atoms with E-state index in [0.29, 0.717) is 0 Å². The van der Waals surface area contributed by atoms with E-state index in [9.17, 15) is 4.79 Å². The van der Waals surface area contributed by atoms with E-state index in [0.717, 1.165) is 11.3 Å². The van der Waals surface area contributed by atoms with Crippen LogP contribution in [0.2, 0.25) is 0 Å².